The molecular formula is C20H24N6O5. The molecule has 0 aliphatic carbocycles. The molecular weight excluding hydrogens is 404 g/mol. The molecule has 3 aliphatic heterocycles. The van der Waals surface area contributed by atoms with E-state index < -0.39 is 5.97 Å². The summed E-state index contributed by atoms with van der Waals surface area (Å²) >= 11 is 0. The first kappa shape index (κ1) is 20.5. The monoisotopic (exact) mass is 428 g/mol. The van der Waals surface area contributed by atoms with E-state index in [1.165, 1.54) is 4.90 Å². The predicted octanol–water partition coefficient (Wildman–Crippen LogP) is 0.123. The Labute approximate surface area is 178 Å². The number of carbonyl (C=O) groups excluding carboxylic acids is 2. The smallest absolute Gasteiger partial charge is 0.325 e. The third kappa shape index (κ3) is 3.62. The number of hydrogen-bond donors (Lipinski definition) is 3. The van der Waals surface area contributed by atoms with E-state index in [0.29, 0.717) is 37.8 Å². The minimum Gasteiger partial charge on any atom is -0.480 e. The second kappa shape index (κ2) is 7.82. The van der Waals surface area contributed by atoms with Crippen LogP contribution in [0.4, 0.5) is 16.2 Å². The van der Waals surface area contributed by atoms with Crippen LogP contribution in [-0.2, 0) is 14.3 Å². The van der Waals surface area contributed by atoms with Gasteiger partial charge in [-0.05, 0) is 37.1 Å². The highest BCUT2D eigenvalue weighted by molar-refractivity contribution is 6.25. The quantitative estimate of drug-likeness (QED) is 0.619. The van der Waals surface area contributed by atoms with Crippen molar-refractivity contribution in [2.45, 2.75) is 13.8 Å². The molecule has 4 N–H and O–H groups in total. The Kier molecular flexibility index (Phi) is 5.17. The Morgan fingerprint density at radius 3 is 2.58 bits per heavy atom. The molecule has 0 aromatic heterocycles. The molecule has 0 spiro atoms. The number of hydrogen-bond acceptors (Lipinski definition) is 7. The number of carboxylic acids is 1. The molecule has 1 aromatic rings. The first-order valence-electron chi connectivity index (χ1n) is 9.90. The van der Waals surface area contributed by atoms with Gasteiger partial charge in [0.05, 0.1) is 12.2 Å². The Morgan fingerprint density at radius 1 is 1.19 bits per heavy atom. The second-order valence-corrected chi connectivity index (χ2v) is 7.57. The fraction of sp³-hybridized carbons (Fsp3) is 0.400. The number of carboxylic acid groups (broad SMARTS) is 1. The molecule has 31 heavy (non-hydrogen) atoms. The predicted molar refractivity (Wildman–Crippen MR) is 113 cm³/mol. The molecule has 3 heterocycles. The van der Waals surface area contributed by atoms with Crippen LogP contribution in [0.15, 0.2) is 28.6 Å². The van der Waals surface area contributed by atoms with Gasteiger partial charge >= 0.3 is 12.0 Å². The highest BCUT2D eigenvalue weighted by atomic mass is 16.5. The number of amidine groups is 1. The van der Waals surface area contributed by atoms with Crippen LogP contribution in [0.1, 0.15) is 11.1 Å². The van der Waals surface area contributed by atoms with Crippen molar-refractivity contribution in [3.05, 3.63) is 34.7 Å². The summed E-state index contributed by atoms with van der Waals surface area (Å²) in [4.78, 5) is 45.5. The Balaban J connectivity index is 1.64. The van der Waals surface area contributed by atoms with Crippen molar-refractivity contribution in [1.29, 1.82) is 0 Å². The van der Waals surface area contributed by atoms with Crippen molar-refractivity contribution >= 4 is 35.1 Å². The Bertz CT molecular complexity index is 1010. The fourth-order valence-electron chi connectivity index (χ4n) is 4.15. The van der Waals surface area contributed by atoms with Gasteiger partial charge in [-0.25, -0.2) is 9.79 Å². The average Bonchev–Trinajstić information content (AvgIpc) is 2.93. The lowest BCUT2D eigenvalue weighted by Gasteiger charge is -2.26. The molecule has 0 radical (unpaired) electrons. The zero-order valence-electron chi connectivity index (χ0n) is 17.3. The minimum absolute atomic E-state index is 0.136. The lowest BCUT2D eigenvalue weighted by Crippen LogP contribution is -2.40. The van der Waals surface area contributed by atoms with Crippen LogP contribution in [0.5, 0.6) is 0 Å². The SMILES string of the molecule is Cc1cc(N2CCOC3=C(C2=O)C(N)=NCN3)cc(C)c1N1CCN(CC(=O)O)C1=O. The van der Waals surface area contributed by atoms with E-state index in [2.05, 4.69) is 10.3 Å². The number of aliphatic imine (C=N–C) groups is 1. The number of aryl methyl sites for hydroxylation is 2. The summed E-state index contributed by atoms with van der Waals surface area (Å²) in [7, 11) is 0. The van der Waals surface area contributed by atoms with Crippen molar-refractivity contribution in [3.63, 3.8) is 0 Å². The topological polar surface area (TPSA) is 141 Å². The van der Waals surface area contributed by atoms with E-state index in [1.807, 2.05) is 26.0 Å². The summed E-state index contributed by atoms with van der Waals surface area (Å²) < 4.78 is 5.66. The molecule has 0 atom stereocenters. The minimum atomic E-state index is -1.05. The van der Waals surface area contributed by atoms with Gasteiger partial charge in [-0.3, -0.25) is 14.5 Å². The van der Waals surface area contributed by atoms with Gasteiger partial charge in [-0.2, -0.15) is 0 Å². The molecule has 0 bridgehead atoms. The number of nitrogens with zero attached hydrogens (tertiary/aromatic N) is 4. The zero-order chi connectivity index (χ0) is 22.3. The molecule has 11 nitrogen and oxygen atoms in total. The van der Waals surface area contributed by atoms with Gasteiger partial charge in [0.2, 0.25) is 5.88 Å². The summed E-state index contributed by atoms with van der Waals surface area (Å²) in [6.07, 6.45) is 0. The van der Waals surface area contributed by atoms with Crippen molar-refractivity contribution < 1.29 is 24.2 Å². The van der Waals surface area contributed by atoms with Crippen LogP contribution in [0.3, 0.4) is 0 Å². The number of urea groups is 1. The first-order valence-corrected chi connectivity index (χ1v) is 9.90. The van der Waals surface area contributed by atoms with E-state index >= 15 is 0 Å². The van der Waals surface area contributed by atoms with Gasteiger partial charge < -0.3 is 30.7 Å². The van der Waals surface area contributed by atoms with Gasteiger partial charge in [0, 0.05) is 18.8 Å². The molecule has 3 amide bonds. The van der Waals surface area contributed by atoms with Crippen LogP contribution < -0.4 is 20.9 Å². The normalized spacial score (nSPS) is 19.0. The Morgan fingerprint density at radius 2 is 1.90 bits per heavy atom. The molecule has 1 fully saturated rings. The van der Waals surface area contributed by atoms with Crippen molar-refractivity contribution in [1.82, 2.24) is 10.2 Å². The molecule has 164 valence electrons. The van der Waals surface area contributed by atoms with E-state index in [-0.39, 0.29) is 36.6 Å². The summed E-state index contributed by atoms with van der Waals surface area (Å²) in [5, 5.41) is 11.9. The summed E-state index contributed by atoms with van der Waals surface area (Å²) in [5.41, 5.74) is 9.15. The lowest BCUT2D eigenvalue weighted by atomic mass is 10.0. The highest BCUT2D eigenvalue weighted by Gasteiger charge is 2.34. The fourth-order valence-corrected chi connectivity index (χ4v) is 4.15. The van der Waals surface area contributed by atoms with Gasteiger partial charge in [-0.1, -0.05) is 0 Å². The van der Waals surface area contributed by atoms with Crippen LogP contribution >= 0.6 is 0 Å². The third-order valence-corrected chi connectivity index (χ3v) is 5.47. The van der Waals surface area contributed by atoms with Crippen LogP contribution in [0.25, 0.3) is 0 Å². The number of benzene rings is 1. The highest BCUT2D eigenvalue weighted by Crippen LogP contribution is 2.33. The standard InChI is InChI=1S/C20H24N6O5/c1-11-7-13(25-5-6-31-18-15(19(25)29)17(21)22-10-23-18)8-12(2)16(11)26-4-3-24(20(26)30)9-14(27)28/h7-8,23H,3-6,9-10H2,1-2H3,(H2,21,22)(H,27,28). The van der Waals surface area contributed by atoms with Gasteiger partial charge in [0.25, 0.3) is 5.91 Å². The molecule has 0 saturated carbocycles. The maximum absolute atomic E-state index is 13.2. The van der Waals surface area contributed by atoms with E-state index in [0.717, 1.165) is 16.8 Å². The summed E-state index contributed by atoms with van der Waals surface area (Å²) in [6, 6.07) is 3.33. The van der Waals surface area contributed by atoms with Crippen molar-refractivity contribution in [3.8, 4) is 0 Å². The number of rotatable bonds is 4. The van der Waals surface area contributed by atoms with E-state index in [9.17, 15) is 14.4 Å². The molecule has 1 saturated heterocycles. The maximum Gasteiger partial charge on any atom is 0.325 e. The van der Waals surface area contributed by atoms with Crippen molar-refractivity contribution in [2.24, 2.45) is 10.7 Å². The van der Waals surface area contributed by atoms with E-state index in [4.69, 9.17) is 15.6 Å². The number of nitrogens with two attached hydrogens (primary N) is 1. The first-order chi connectivity index (χ1) is 14.8. The lowest BCUT2D eigenvalue weighted by molar-refractivity contribution is -0.137. The largest absolute Gasteiger partial charge is 0.480 e. The number of ether oxygens (including phenoxy) is 1. The molecule has 3 aliphatic rings. The second-order valence-electron chi connectivity index (χ2n) is 7.57. The molecule has 1 aromatic carbocycles. The number of nitrogens with one attached hydrogen (secondary N) is 1. The number of amides is 3. The number of carbonyl (C=O) groups is 3. The molecule has 4 rings (SSSR count). The van der Waals surface area contributed by atoms with Crippen molar-refractivity contribution in [2.75, 3.05) is 49.3 Å². The van der Waals surface area contributed by atoms with Crippen LogP contribution in [0, 0.1) is 13.8 Å². The molecule has 0 unspecified atom stereocenters. The number of anilines is 2. The van der Waals surface area contributed by atoms with Crippen LogP contribution in [0.2, 0.25) is 0 Å². The average molecular weight is 428 g/mol. The maximum atomic E-state index is 13.2. The van der Waals surface area contributed by atoms with Gasteiger partial charge in [-0.15, -0.1) is 0 Å². The summed E-state index contributed by atoms with van der Waals surface area (Å²) in [6.45, 7) is 5.01. The third-order valence-electron chi connectivity index (χ3n) is 5.47. The van der Waals surface area contributed by atoms with Gasteiger partial charge in [0.1, 0.15) is 31.2 Å². The summed E-state index contributed by atoms with van der Waals surface area (Å²) in [5.74, 6) is -0.880. The molecule has 11 heteroatoms. The Hall–Kier alpha value is -3.76. The van der Waals surface area contributed by atoms with Crippen LogP contribution in [-0.4, -0.2) is 73.2 Å². The zero-order valence-corrected chi connectivity index (χ0v) is 17.3. The van der Waals surface area contributed by atoms with Gasteiger partial charge in [0.15, 0.2) is 0 Å². The number of aliphatic carboxylic acids is 1. The van der Waals surface area contributed by atoms with E-state index in [1.54, 1.807) is 9.80 Å².